The zero-order chi connectivity index (χ0) is 42.4. The highest BCUT2D eigenvalue weighted by molar-refractivity contribution is 6.03. The van der Waals surface area contributed by atoms with Gasteiger partial charge in [-0.1, -0.05) is 79.7 Å². The topological polar surface area (TPSA) is 272 Å². The van der Waals surface area contributed by atoms with Crippen LogP contribution in [0.15, 0.2) is 77.9 Å². The average Bonchev–Trinajstić information content (AvgIpc) is 3.54. The summed E-state index contributed by atoms with van der Waals surface area (Å²) in [5.74, 6) is 5.96. The smallest absolute Gasteiger partial charge is 0.461 e. The lowest BCUT2D eigenvalue weighted by atomic mass is 9.98. The minimum Gasteiger partial charge on any atom is -0.461 e. The second kappa shape index (κ2) is 20.4. The number of aromatic nitrogens is 2. The number of nitrogens with two attached hydrogens (primary N) is 2. The Morgan fingerprint density at radius 1 is 0.948 bits per heavy atom. The molecule has 20 nitrogen and oxygen atoms in total. The van der Waals surface area contributed by atoms with E-state index in [-0.39, 0.29) is 56.6 Å². The number of carbonyl (C=O) groups excluding carboxylic acids is 2. The fraction of sp³-hybridized carbons (Fsp3) is 0.368. The van der Waals surface area contributed by atoms with Crippen molar-refractivity contribution in [3.63, 3.8) is 0 Å². The number of hydrazine groups is 1. The van der Waals surface area contributed by atoms with Gasteiger partial charge in [0.25, 0.3) is 10.2 Å². The number of esters is 1. The summed E-state index contributed by atoms with van der Waals surface area (Å²) in [6.45, 7) is 5.88. The van der Waals surface area contributed by atoms with Crippen LogP contribution >= 0.6 is 0 Å². The molecular weight excluding hydrogens is 760 g/mol. The molecule has 4 aromatic rings. The van der Waals surface area contributed by atoms with Gasteiger partial charge in [-0.2, -0.15) is 5.12 Å². The normalized spacial score (nSPS) is 12.0. The second-order valence-corrected chi connectivity index (χ2v) is 13.3. The predicted molar refractivity (Wildman–Crippen MR) is 206 cm³/mol. The molecule has 1 heterocycles. The summed E-state index contributed by atoms with van der Waals surface area (Å²) >= 11 is 0. The minimum absolute atomic E-state index is 0.0228. The van der Waals surface area contributed by atoms with Crippen molar-refractivity contribution >= 4 is 18.0 Å². The van der Waals surface area contributed by atoms with Crippen molar-refractivity contribution in [1.29, 1.82) is 0 Å². The molecule has 20 heteroatoms. The van der Waals surface area contributed by atoms with Gasteiger partial charge in [0.2, 0.25) is 6.23 Å². The highest BCUT2D eigenvalue weighted by Gasteiger charge is 2.32. The lowest BCUT2D eigenvalue weighted by Crippen LogP contribution is -2.40. The third-order valence-corrected chi connectivity index (χ3v) is 8.37. The first kappa shape index (κ1) is 43.9. The summed E-state index contributed by atoms with van der Waals surface area (Å²) in [5.41, 5.74) is 9.05. The maximum absolute atomic E-state index is 13.4. The quantitative estimate of drug-likeness (QED) is 0.0150. The third-order valence-electron chi connectivity index (χ3n) is 8.37. The lowest BCUT2D eigenvalue weighted by Gasteiger charge is -2.21. The summed E-state index contributed by atoms with van der Waals surface area (Å²) in [5, 5.41) is 35.2. The Labute approximate surface area is 333 Å². The van der Waals surface area contributed by atoms with Crippen LogP contribution in [0.25, 0.3) is 11.1 Å². The second-order valence-electron chi connectivity index (χ2n) is 13.3. The van der Waals surface area contributed by atoms with E-state index >= 15 is 0 Å². The number of ether oxygens (including phenoxy) is 3. The Balaban J connectivity index is 1.47. The van der Waals surface area contributed by atoms with Crippen molar-refractivity contribution in [3.05, 3.63) is 132 Å². The van der Waals surface area contributed by atoms with Gasteiger partial charge in [0.15, 0.2) is 11.5 Å². The Morgan fingerprint density at radius 3 is 2.28 bits per heavy atom. The number of imidazole rings is 1. The lowest BCUT2D eigenvalue weighted by molar-refractivity contribution is -0.763. The van der Waals surface area contributed by atoms with E-state index in [2.05, 4.69) is 19.8 Å². The van der Waals surface area contributed by atoms with Crippen LogP contribution in [0.4, 0.5) is 4.79 Å². The van der Waals surface area contributed by atoms with Gasteiger partial charge in [0.05, 0.1) is 13.2 Å². The first-order chi connectivity index (χ1) is 27.6. The number of hydrogen-bond acceptors (Lipinski definition) is 16. The van der Waals surface area contributed by atoms with E-state index < -0.39 is 34.1 Å². The van der Waals surface area contributed by atoms with E-state index in [1.807, 2.05) is 43.3 Å². The largest absolute Gasteiger partial charge is 0.510 e. The number of amidine groups is 1. The molecule has 1 aromatic heterocycles. The predicted octanol–water partition coefficient (Wildman–Crippen LogP) is 4.74. The molecule has 0 radical (unpaired) electrons. The number of hydrogen-bond donors (Lipinski definition) is 3. The van der Waals surface area contributed by atoms with Gasteiger partial charge < -0.3 is 39.3 Å². The van der Waals surface area contributed by atoms with Gasteiger partial charge in [0, 0.05) is 24.9 Å². The molecule has 0 bridgehead atoms. The number of benzene rings is 3. The number of carbonyl (C=O) groups is 2. The van der Waals surface area contributed by atoms with Gasteiger partial charge >= 0.3 is 12.1 Å². The molecule has 0 aliphatic rings. The van der Waals surface area contributed by atoms with Crippen LogP contribution < -0.4 is 11.6 Å². The van der Waals surface area contributed by atoms with Crippen LogP contribution in [0.3, 0.4) is 0 Å². The van der Waals surface area contributed by atoms with Crippen molar-refractivity contribution in [2.24, 2.45) is 16.7 Å². The van der Waals surface area contributed by atoms with Gasteiger partial charge in [-0.05, 0) is 55.0 Å². The molecule has 310 valence electrons. The number of rotatable bonds is 21. The molecular formula is C38H46N8O12. The maximum Gasteiger partial charge on any atom is 0.510 e. The Kier molecular flexibility index (Phi) is 15.4. The van der Waals surface area contributed by atoms with Crippen LogP contribution in [-0.2, 0) is 55.7 Å². The summed E-state index contributed by atoms with van der Waals surface area (Å²) in [7, 11) is 0. The van der Waals surface area contributed by atoms with Crippen LogP contribution in [0.2, 0.25) is 0 Å². The molecule has 1 unspecified atom stereocenters. The summed E-state index contributed by atoms with van der Waals surface area (Å²) in [6, 6.07) is 21.2. The summed E-state index contributed by atoms with van der Waals surface area (Å²) in [6.07, 6.45) is -0.817. The Bertz CT molecular complexity index is 2080. The van der Waals surface area contributed by atoms with Crippen LogP contribution in [0.5, 0.6) is 0 Å². The SMILES string of the molecule is CCCc1nc(C(C)(C)O)c(C(=O)OCCCO[N+](=O)[O-])n1Cc1ccc(-c2ccccc2/C(N)=N/N(N)C(C)OC(=O)OCc2cccc(CO[N+](=O)[O-])c2)cc1. The van der Waals surface area contributed by atoms with Crippen molar-refractivity contribution < 1.29 is 48.8 Å². The van der Waals surface area contributed by atoms with Crippen molar-refractivity contribution in [3.8, 4) is 11.1 Å². The van der Waals surface area contributed by atoms with Crippen LogP contribution in [0, 0.1) is 20.2 Å². The molecule has 58 heavy (non-hydrogen) atoms. The number of nitrogens with zero attached hydrogens (tertiary/aromatic N) is 6. The molecule has 4 rings (SSSR count). The first-order valence-electron chi connectivity index (χ1n) is 18.1. The fourth-order valence-electron chi connectivity index (χ4n) is 5.64. The van der Waals surface area contributed by atoms with Gasteiger partial charge in [-0.25, -0.2) is 20.4 Å². The molecule has 0 saturated heterocycles. The van der Waals surface area contributed by atoms with Crippen molar-refractivity contribution in [1.82, 2.24) is 14.7 Å². The highest BCUT2D eigenvalue weighted by atomic mass is 17.0. The van der Waals surface area contributed by atoms with Crippen LogP contribution in [-0.4, -0.2) is 67.4 Å². The van der Waals surface area contributed by atoms with E-state index in [1.54, 1.807) is 41.0 Å². The number of hydrazone groups is 1. The monoisotopic (exact) mass is 806 g/mol. The van der Waals surface area contributed by atoms with E-state index in [4.69, 9.17) is 25.8 Å². The Hall–Kier alpha value is -6.80. The molecule has 0 aliphatic heterocycles. The maximum atomic E-state index is 13.4. The molecule has 1 atom stereocenters. The summed E-state index contributed by atoms with van der Waals surface area (Å²) < 4.78 is 17.6. The zero-order valence-electron chi connectivity index (χ0n) is 32.4. The molecule has 0 amide bonds. The van der Waals surface area contributed by atoms with Crippen molar-refractivity contribution in [2.75, 3.05) is 13.2 Å². The molecule has 0 saturated carbocycles. The molecule has 3 aromatic carbocycles. The number of aliphatic hydroxyl groups is 1. The van der Waals surface area contributed by atoms with E-state index in [0.717, 1.165) is 16.2 Å². The van der Waals surface area contributed by atoms with Gasteiger partial charge in [-0.3, -0.25) is 0 Å². The minimum atomic E-state index is -1.48. The standard InChI is InChI=1S/C38H46N8O12/c1-5-10-32-41-34(38(3,4)49)33(36(47)54-19-9-20-56-45(50)51)43(32)22-26-15-17-29(18-16-26)30-13-6-7-14-31(30)35(39)42-44(40)25(2)58-37(48)55-23-27-11-8-12-28(21-27)24-57-46(52)53/h6-8,11-18,21,25,49H,5,9-10,19-20,22-24,40H2,1-4H3,(H2,39,42). The molecule has 0 spiro atoms. The fourth-order valence-corrected chi connectivity index (χ4v) is 5.64. The van der Waals surface area contributed by atoms with E-state index in [0.29, 0.717) is 40.9 Å². The average molecular weight is 807 g/mol. The third kappa shape index (κ3) is 12.6. The van der Waals surface area contributed by atoms with Gasteiger partial charge in [0.1, 0.15) is 30.3 Å². The van der Waals surface area contributed by atoms with E-state index in [9.17, 15) is 34.9 Å². The highest BCUT2D eigenvalue weighted by Crippen LogP contribution is 2.28. The first-order valence-corrected chi connectivity index (χ1v) is 18.1. The van der Waals surface area contributed by atoms with Gasteiger partial charge in [-0.15, -0.1) is 25.3 Å². The zero-order valence-corrected chi connectivity index (χ0v) is 32.4. The molecule has 0 aliphatic carbocycles. The van der Waals surface area contributed by atoms with Crippen molar-refractivity contribution in [2.45, 2.75) is 78.5 Å². The Morgan fingerprint density at radius 2 is 1.62 bits per heavy atom. The number of aryl methyl sites for hydroxylation is 1. The molecule has 5 N–H and O–H groups in total. The van der Waals surface area contributed by atoms with E-state index in [1.165, 1.54) is 20.8 Å². The summed E-state index contributed by atoms with van der Waals surface area (Å²) in [4.78, 5) is 60.1. The van der Waals surface area contributed by atoms with Crippen LogP contribution in [0.1, 0.15) is 84.8 Å². The molecule has 0 fully saturated rings.